The van der Waals surface area contributed by atoms with Crippen molar-refractivity contribution in [3.63, 3.8) is 0 Å². The predicted molar refractivity (Wildman–Crippen MR) is 61.0 cm³/mol. The van der Waals surface area contributed by atoms with Crippen LogP contribution in [0.5, 0.6) is 0 Å². The molecule has 1 aromatic rings. The number of ether oxygens (including phenoxy) is 2. The molecule has 1 unspecified atom stereocenters. The van der Waals surface area contributed by atoms with E-state index in [1.165, 1.54) is 4.68 Å². The zero-order chi connectivity index (χ0) is 12.4. The molecule has 1 saturated heterocycles. The topological polar surface area (TPSA) is 79.4 Å². The summed E-state index contributed by atoms with van der Waals surface area (Å²) >= 11 is 0. The van der Waals surface area contributed by atoms with Crippen molar-refractivity contribution in [1.29, 1.82) is 0 Å². The third kappa shape index (κ3) is 2.12. The van der Waals surface area contributed by atoms with Crippen LogP contribution in [-0.4, -0.2) is 28.8 Å². The highest BCUT2D eigenvalue weighted by Crippen LogP contribution is 2.30. The van der Waals surface area contributed by atoms with E-state index in [-0.39, 0.29) is 6.10 Å². The van der Waals surface area contributed by atoms with Gasteiger partial charge >= 0.3 is 5.97 Å². The highest BCUT2D eigenvalue weighted by Gasteiger charge is 2.29. The second-order valence-electron chi connectivity index (χ2n) is 3.98. The Bertz CT molecular complexity index is 422. The largest absolute Gasteiger partial charge is 0.461 e. The molecule has 0 radical (unpaired) electrons. The zero-order valence-electron chi connectivity index (χ0n) is 10.1. The molecular formula is C11H17N3O3. The SMILES string of the molecule is CCOC(=O)c1c(C2CCCO2)nc(C)n1N. The van der Waals surface area contributed by atoms with Crippen LogP contribution in [0, 0.1) is 6.92 Å². The Hall–Kier alpha value is -1.56. The molecular weight excluding hydrogens is 222 g/mol. The lowest BCUT2D eigenvalue weighted by molar-refractivity contribution is 0.0502. The third-order valence-corrected chi connectivity index (χ3v) is 2.82. The molecule has 1 aromatic heterocycles. The number of aromatic nitrogens is 2. The second kappa shape index (κ2) is 4.75. The molecule has 1 aliphatic rings. The first-order chi connectivity index (χ1) is 8.15. The average Bonchev–Trinajstić information content (AvgIpc) is 2.88. The van der Waals surface area contributed by atoms with Crippen molar-refractivity contribution >= 4 is 5.97 Å². The van der Waals surface area contributed by atoms with Gasteiger partial charge in [0, 0.05) is 6.61 Å². The maximum absolute atomic E-state index is 11.8. The quantitative estimate of drug-likeness (QED) is 0.627. The van der Waals surface area contributed by atoms with E-state index in [1.807, 2.05) is 0 Å². The first-order valence-corrected chi connectivity index (χ1v) is 5.78. The summed E-state index contributed by atoms with van der Waals surface area (Å²) in [7, 11) is 0. The van der Waals surface area contributed by atoms with Gasteiger partial charge in [0.15, 0.2) is 5.69 Å². The van der Waals surface area contributed by atoms with Crippen molar-refractivity contribution in [2.75, 3.05) is 19.1 Å². The van der Waals surface area contributed by atoms with Gasteiger partial charge in [0.2, 0.25) is 0 Å². The fourth-order valence-corrected chi connectivity index (χ4v) is 1.99. The van der Waals surface area contributed by atoms with E-state index in [2.05, 4.69) is 4.98 Å². The van der Waals surface area contributed by atoms with Crippen LogP contribution in [0.2, 0.25) is 0 Å². The van der Waals surface area contributed by atoms with Crippen LogP contribution in [0.3, 0.4) is 0 Å². The summed E-state index contributed by atoms with van der Waals surface area (Å²) in [6.07, 6.45) is 1.70. The lowest BCUT2D eigenvalue weighted by atomic mass is 10.1. The summed E-state index contributed by atoms with van der Waals surface area (Å²) < 4.78 is 11.8. The van der Waals surface area contributed by atoms with Gasteiger partial charge in [-0.3, -0.25) is 0 Å². The highest BCUT2D eigenvalue weighted by molar-refractivity contribution is 5.89. The number of imidazole rings is 1. The van der Waals surface area contributed by atoms with Gasteiger partial charge in [-0.15, -0.1) is 0 Å². The van der Waals surface area contributed by atoms with E-state index in [4.69, 9.17) is 15.3 Å². The number of nitrogen functional groups attached to an aromatic ring is 1. The van der Waals surface area contributed by atoms with Crippen molar-refractivity contribution in [3.05, 3.63) is 17.2 Å². The van der Waals surface area contributed by atoms with E-state index in [9.17, 15) is 4.79 Å². The van der Waals surface area contributed by atoms with Gasteiger partial charge in [0.05, 0.1) is 6.61 Å². The normalized spacial score (nSPS) is 19.5. The predicted octanol–water partition coefficient (Wildman–Crippen LogP) is 0.934. The highest BCUT2D eigenvalue weighted by atomic mass is 16.5. The molecule has 1 atom stereocenters. The van der Waals surface area contributed by atoms with Gasteiger partial charge in [0.1, 0.15) is 17.6 Å². The fourth-order valence-electron chi connectivity index (χ4n) is 1.99. The molecule has 1 aliphatic heterocycles. The lowest BCUT2D eigenvalue weighted by Crippen LogP contribution is -2.21. The maximum Gasteiger partial charge on any atom is 0.358 e. The van der Waals surface area contributed by atoms with Crippen LogP contribution >= 0.6 is 0 Å². The van der Waals surface area contributed by atoms with E-state index in [0.29, 0.717) is 30.4 Å². The summed E-state index contributed by atoms with van der Waals surface area (Å²) in [6, 6.07) is 0. The zero-order valence-corrected chi connectivity index (χ0v) is 10.1. The third-order valence-electron chi connectivity index (χ3n) is 2.82. The van der Waals surface area contributed by atoms with Gasteiger partial charge < -0.3 is 15.3 Å². The number of rotatable bonds is 3. The fraction of sp³-hybridized carbons (Fsp3) is 0.636. The van der Waals surface area contributed by atoms with Crippen molar-refractivity contribution in [3.8, 4) is 0 Å². The van der Waals surface area contributed by atoms with Gasteiger partial charge in [0.25, 0.3) is 0 Å². The van der Waals surface area contributed by atoms with Gasteiger partial charge in [-0.1, -0.05) is 0 Å². The van der Waals surface area contributed by atoms with Crippen LogP contribution in [0.25, 0.3) is 0 Å². The maximum atomic E-state index is 11.8. The number of carbonyl (C=O) groups excluding carboxylic acids is 1. The first kappa shape index (κ1) is 11.9. The van der Waals surface area contributed by atoms with Crippen LogP contribution < -0.4 is 5.84 Å². The molecule has 94 valence electrons. The van der Waals surface area contributed by atoms with Crippen LogP contribution in [0.1, 0.15) is 47.9 Å². The minimum atomic E-state index is -0.443. The molecule has 2 N–H and O–H groups in total. The minimum absolute atomic E-state index is 0.141. The Labute approximate surface area is 99.7 Å². The Morgan fingerprint density at radius 2 is 2.47 bits per heavy atom. The second-order valence-corrected chi connectivity index (χ2v) is 3.98. The molecule has 17 heavy (non-hydrogen) atoms. The molecule has 6 heteroatoms. The Morgan fingerprint density at radius 3 is 3.06 bits per heavy atom. The summed E-state index contributed by atoms with van der Waals surface area (Å²) in [5.41, 5.74) is 0.900. The number of aryl methyl sites for hydroxylation is 1. The number of hydrogen-bond donors (Lipinski definition) is 1. The lowest BCUT2D eigenvalue weighted by Gasteiger charge is -2.09. The van der Waals surface area contributed by atoms with Crippen molar-refractivity contribution in [2.24, 2.45) is 0 Å². The van der Waals surface area contributed by atoms with E-state index < -0.39 is 5.97 Å². The Balaban J connectivity index is 2.37. The Kier molecular flexibility index (Phi) is 3.33. The van der Waals surface area contributed by atoms with Crippen LogP contribution in [-0.2, 0) is 9.47 Å². The number of nitrogens with two attached hydrogens (primary N) is 1. The summed E-state index contributed by atoms with van der Waals surface area (Å²) in [5.74, 6) is 5.94. The first-order valence-electron chi connectivity index (χ1n) is 5.78. The molecule has 2 rings (SSSR count). The number of carbonyl (C=O) groups is 1. The summed E-state index contributed by atoms with van der Waals surface area (Å²) in [4.78, 5) is 16.1. The molecule has 0 aliphatic carbocycles. The number of esters is 1. The van der Waals surface area contributed by atoms with E-state index >= 15 is 0 Å². The molecule has 0 aromatic carbocycles. The molecule has 1 fully saturated rings. The molecule has 2 heterocycles. The van der Waals surface area contributed by atoms with Crippen LogP contribution in [0.15, 0.2) is 0 Å². The van der Waals surface area contributed by atoms with E-state index in [0.717, 1.165) is 12.8 Å². The van der Waals surface area contributed by atoms with Gasteiger partial charge in [-0.25, -0.2) is 14.5 Å². The molecule has 0 bridgehead atoms. The van der Waals surface area contributed by atoms with Gasteiger partial charge in [-0.2, -0.15) is 0 Å². The smallest absolute Gasteiger partial charge is 0.358 e. The minimum Gasteiger partial charge on any atom is -0.461 e. The Morgan fingerprint density at radius 1 is 1.71 bits per heavy atom. The molecule has 0 spiro atoms. The summed E-state index contributed by atoms with van der Waals surface area (Å²) in [6.45, 7) is 4.52. The summed E-state index contributed by atoms with van der Waals surface area (Å²) in [5, 5.41) is 0. The number of hydrogen-bond acceptors (Lipinski definition) is 5. The standard InChI is InChI=1S/C11H17N3O3/c1-3-16-11(15)10-9(8-5-4-6-17-8)13-7(2)14(10)12/h8H,3-6,12H2,1-2H3. The van der Waals surface area contributed by atoms with E-state index in [1.54, 1.807) is 13.8 Å². The van der Waals surface area contributed by atoms with Crippen molar-refractivity contribution in [2.45, 2.75) is 32.8 Å². The monoisotopic (exact) mass is 239 g/mol. The molecule has 0 amide bonds. The van der Waals surface area contributed by atoms with Crippen molar-refractivity contribution < 1.29 is 14.3 Å². The molecule has 0 saturated carbocycles. The number of nitrogens with zero attached hydrogens (tertiary/aromatic N) is 2. The van der Waals surface area contributed by atoms with Crippen molar-refractivity contribution in [1.82, 2.24) is 9.66 Å². The molecule has 6 nitrogen and oxygen atoms in total. The average molecular weight is 239 g/mol. The van der Waals surface area contributed by atoms with Crippen LogP contribution in [0.4, 0.5) is 0 Å². The van der Waals surface area contributed by atoms with Gasteiger partial charge in [-0.05, 0) is 26.7 Å².